The summed E-state index contributed by atoms with van der Waals surface area (Å²) >= 11 is 1.85. The Morgan fingerprint density at radius 1 is 1.14 bits per heavy atom. The second-order valence-corrected chi connectivity index (χ2v) is 8.44. The average Bonchev–Trinajstić information content (AvgIpc) is 3.40. The third-order valence-electron chi connectivity index (χ3n) is 5.56. The molecule has 2 aromatic heterocycles. The van der Waals surface area contributed by atoms with Crippen LogP contribution in [0.3, 0.4) is 0 Å². The molecule has 0 saturated heterocycles. The van der Waals surface area contributed by atoms with Crippen LogP contribution in [0.2, 0.25) is 0 Å². The van der Waals surface area contributed by atoms with Gasteiger partial charge in [-0.15, -0.1) is 11.3 Å². The molecule has 5 nitrogen and oxygen atoms in total. The van der Waals surface area contributed by atoms with Crippen molar-refractivity contribution in [1.29, 1.82) is 0 Å². The number of urea groups is 1. The molecule has 0 bridgehead atoms. The van der Waals surface area contributed by atoms with Gasteiger partial charge in [-0.1, -0.05) is 26.0 Å². The Labute approximate surface area is 176 Å². The van der Waals surface area contributed by atoms with E-state index in [4.69, 9.17) is 0 Å². The topological polar surface area (TPSA) is 49.3 Å². The van der Waals surface area contributed by atoms with Crippen LogP contribution < -0.4 is 10.6 Å². The SMILES string of the molecule is CCc1ccc(NC(=O)NCc2c(-n3cccc3)sc3c2CCN(CC)C3)cc1. The highest BCUT2D eigenvalue weighted by atomic mass is 32.1. The van der Waals surface area contributed by atoms with Gasteiger partial charge >= 0.3 is 6.03 Å². The van der Waals surface area contributed by atoms with E-state index < -0.39 is 0 Å². The molecule has 3 heterocycles. The van der Waals surface area contributed by atoms with Crippen LogP contribution in [0.1, 0.15) is 35.4 Å². The van der Waals surface area contributed by atoms with Crippen LogP contribution in [0.5, 0.6) is 0 Å². The Hall–Kier alpha value is -2.57. The zero-order valence-corrected chi connectivity index (χ0v) is 17.9. The summed E-state index contributed by atoms with van der Waals surface area (Å²) in [5.74, 6) is 0. The van der Waals surface area contributed by atoms with E-state index in [0.29, 0.717) is 6.54 Å². The van der Waals surface area contributed by atoms with Gasteiger partial charge in [-0.2, -0.15) is 0 Å². The van der Waals surface area contributed by atoms with Crippen LogP contribution >= 0.6 is 11.3 Å². The lowest BCUT2D eigenvalue weighted by Crippen LogP contribution is -2.31. The fraction of sp³-hybridized carbons (Fsp3) is 0.348. The summed E-state index contributed by atoms with van der Waals surface area (Å²) in [4.78, 5) is 16.4. The number of thiophene rings is 1. The van der Waals surface area contributed by atoms with Crippen LogP contribution in [0.15, 0.2) is 48.8 Å². The molecule has 1 aliphatic rings. The summed E-state index contributed by atoms with van der Waals surface area (Å²) in [5.41, 5.74) is 4.74. The molecule has 3 aromatic rings. The number of nitrogens with one attached hydrogen (secondary N) is 2. The maximum absolute atomic E-state index is 12.5. The van der Waals surface area contributed by atoms with Crippen molar-refractivity contribution in [2.45, 2.75) is 39.8 Å². The lowest BCUT2D eigenvalue weighted by atomic mass is 10.0. The van der Waals surface area contributed by atoms with Crippen molar-refractivity contribution < 1.29 is 4.79 Å². The van der Waals surface area contributed by atoms with Crippen LogP contribution in [0.25, 0.3) is 5.00 Å². The Morgan fingerprint density at radius 2 is 1.90 bits per heavy atom. The molecule has 152 valence electrons. The van der Waals surface area contributed by atoms with Gasteiger partial charge in [0.25, 0.3) is 0 Å². The minimum absolute atomic E-state index is 0.168. The summed E-state index contributed by atoms with van der Waals surface area (Å²) in [5, 5.41) is 7.23. The Balaban J connectivity index is 1.50. The van der Waals surface area contributed by atoms with E-state index in [-0.39, 0.29) is 6.03 Å². The van der Waals surface area contributed by atoms with E-state index in [9.17, 15) is 4.79 Å². The smallest absolute Gasteiger partial charge is 0.319 e. The minimum atomic E-state index is -0.168. The fourth-order valence-corrected chi connectivity index (χ4v) is 5.18. The largest absolute Gasteiger partial charge is 0.334 e. The van der Waals surface area contributed by atoms with Crippen LogP contribution in [-0.4, -0.2) is 28.6 Å². The predicted octanol–water partition coefficient (Wildman–Crippen LogP) is 4.80. The summed E-state index contributed by atoms with van der Waals surface area (Å²) in [6.07, 6.45) is 6.19. The zero-order valence-electron chi connectivity index (χ0n) is 17.1. The van der Waals surface area contributed by atoms with Gasteiger partial charge < -0.3 is 15.2 Å². The first-order valence-electron chi connectivity index (χ1n) is 10.3. The Bertz CT molecular complexity index is 960. The summed E-state index contributed by atoms with van der Waals surface area (Å²) in [7, 11) is 0. The van der Waals surface area contributed by atoms with Crippen molar-refractivity contribution in [1.82, 2.24) is 14.8 Å². The molecule has 6 heteroatoms. The number of nitrogens with zero attached hydrogens (tertiary/aromatic N) is 2. The average molecular weight is 409 g/mol. The van der Waals surface area contributed by atoms with E-state index in [2.05, 4.69) is 58.5 Å². The molecule has 0 unspecified atom stereocenters. The Morgan fingerprint density at radius 3 is 2.59 bits per heavy atom. The molecule has 0 radical (unpaired) electrons. The highest BCUT2D eigenvalue weighted by molar-refractivity contribution is 7.14. The molecular formula is C23H28N4OS. The highest BCUT2D eigenvalue weighted by Crippen LogP contribution is 2.35. The number of aryl methyl sites for hydroxylation is 1. The minimum Gasteiger partial charge on any atom is -0.334 e. The van der Waals surface area contributed by atoms with Gasteiger partial charge in [0, 0.05) is 48.2 Å². The van der Waals surface area contributed by atoms with Crippen molar-refractivity contribution in [3.63, 3.8) is 0 Å². The maximum atomic E-state index is 12.5. The first-order valence-corrected chi connectivity index (χ1v) is 11.1. The fourth-order valence-electron chi connectivity index (χ4n) is 3.81. The lowest BCUT2D eigenvalue weighted by Gasteiger charge is -2.25. The monoisotopic (exact) mass is 408 g/mol. The molecule has 0 saturated carbocycles. The Kier molecular flexibility index (Phi) is 6.02. The number of fused-ring (bicyclic) bond motifs is 1. The molecule has 4 rings (SSSR count). The third-order valence-corrected chi connectivity index (χ3v) is 6.83. The molecule has 0 fully saturated rings. The molecule has 1 aliphatic heterocycles. The number of hydrogen-bond acceptors (Lipinski definition) is 3. The summed E-state index contributed by atoms with van der Waals surface area (Å²) in [6, 6.07) is 11.9. The van der Waals surface area contributed by atoms with Gasteiger partial charge in [0.15, 0.2) is 0 Å². The number of rotatable bonds is 6. The number of likely N-dealkylation sites (N-methyl/N-ethyl adjacent to an activating group) is 1. The molecule has 1 aromatic carbocycles. The molecular weight excluding hydrogens is 380 g/mol. The lowest BCUT2D eigenvalue weighted by molar-refractivity contribution is 0.251. The van der Waals surface area contributed by atoms with Crippen LogP contribution in [0.4, 0.5) is 10.5 Å². The summed E-state index contributed by atoms with van der Waals surface area (Å²) < 4.78 is 2.16. The van der Waals surface area contributed by atoms with E-state index in [0.717, 1.165) is 38.2 Å². The van der Waals surface area contributed by atoms with Gasteiger partial charge in [-0.05, 0) is 54.8 Å². The van der Waals surface area contributed by atoms with E-state index >= 15 is 0 Å². The van der Waals surface area contributed by atoms with Gasteiger partial charge in [-0.3, -0.25) is 4.90 Å². The molecule has 29 heavy (non-hydrogen) atoms. The van der Waals surface area contributed by atoms with Gasteiger partial charge in [0.1, 0.15) is 5.00 Å². The van der Waals surface area contributed by atoms with Gasteiger partial charge in [0.2, 0.25) is 0 Å². The number of hydrogen-bond donors (Lipinski definition) is 2. The van der Waals surface area contributed by atoms with E-state index in [1.807, 2.05) is 35.6 Å². The molecule has 2 N–H and O–H groups in total. The standard InChI is InChI=1S/C23H28N4OS/c1-3-17-7-9-18(10-8-17)25-23(28)24-15-20-19-11-14-26(4-2)16-21(19)29-22(20)27-12-5-6-13-27/h5-10,12-13H,3-4,11,14-16H2,1-2H3,(H2,24,25,28). The predicted molar refractivity (Wildman–Crippen MR) is 120 cm³/mol. The normalized spacial score (nSPS) is 13.9. The quantitative estimate of drug-likeness (QED) is 0.615. The second kappa shape index (κ2) is 8.84. The van der Waals surface area contributed by atoms with Gasteiger partial charge in [0.05, 0.1) is 0 Å². The number of aromatic nitrogens is 1. The van der Waals surface area contributed by atoms with E-state index in [1.165, 1.54) is 26.6 Å². The molecule has 0 spiro atoms. The summed E-state index contributed by atoms with van der Waals surface area (Å²) in [6.45, 7) is 8.02. The number of benzene rings is 1. The van der Waals surface area contributed by atoms with Crippen LogP contribution in [0, 0.1) is 0 Å². The molecule has 0 atom stereocenters. The molecule has 0 aliphatic carbocycles. The van der Waals surface area contributed by atoms with Crippen molar-refractivity contribution >= 4 is 23.1 Å². The van der Waals surface area contributed by atoms with Crippen molar-refractivity contribution in [3.8, 4) is 5.00 Å². The highest BCUT2D eigenvalue weighted by Gasteiger charge is 2.24. The van der Waals surface area contributed by atoms with Crippen LogP contribution in [-0.2, 0) is 25.9 Å². The van der Waals surface area contributed by atoms with Crippen molar-refractivity contribution in [3.05, 3.63) is 70.4 Å². The first-order chi connectivity index (χ1) is 14.2. The van der Waals surface area contributed by atoms with Crippen molar-refractivity contribution in [2.75, 3.05) is 18.4 Å². The molecule has 2 amide bonds. The van der Waals surface area contributed by atoms with E-state index in [1.54, 1.807) is 0 Å². The second-order valence-electron chi connectivity index (χ2n) is 7.35. The maximum Gasteiger partial charge on any atom is 0.319 e. The van der Waals surface area contributed by atoms with Crippen molar-refractivity contribution in [2.24, 2.45) is 0 Å². The third kappa shape index (κ3) is 4.38. The number of carbonyl (C=O) groups is 1. The first kappa shape index (κ1) is 19.7. The number of carbonyl (C=O) groups excluding carboxylic acids is 1. The number of anilines is 1. The van der Waals surface area contributed by atoms with Gasteiger partial charge in [-0.25, -0.2) is 4.79 Å². The zero-order chi connectivity index (χ0) is 20.2. The number of amides is 2.